The third-order valence-corrected chi connectivity index (χ3v) is 6.13. The first kappa shape index (κ1) is 60.8. The number of hydrogen-bond donors (Lipinski definition) is 0. The van der Waals surface area contributed by atoms with Crippen molar-refractivity contribution in [2.45, 2.75) is 132 Å². The largest absolute Gasteiger partial charge is 0.342 e. The van der Waals surface area contributed by atoms with E-state index >= 15 is 0 Å². The third-order valence-electron chi connectivity index (χ3n) is 6.13. The van der Waals surface area contributed by atoms with Crippen LogP contribution in [-0.2, 0) is 0 Å². The van der Waals surface area contributed by atoms with Crippen LogP contribution in [0.25, 0.3) is 0 Å². The Labute approximate surface area is 333 Å². The van der Waals surface area contributed by atoms with Gasteiger partial charge in [0.25, 0.3) is 0 Å². The monoisotopic (exact) mass is 727 g/mol. The molecule has 0 aliphatic heterocycles. The van der Waals surface area contributed by atoms with Crippen LogP contribution in [0, 0.1) is 13.8 Å². The van der Waals surface area contributed by atoms with E-state index in [9.17, 15) is 0 Å². The van der Waals surface area contributed by atoms with Gasteiger partial charge in [0.2, 0.25) is 0 Å². The summed E-state index contributed by atoms with van der Waals surface area (Å²) >= 11 is 0. The van der Waals surface area contributed by atoms with Crippen LogP contribution in [0.5, 0.6) is 0 Å². The van der Waals surface area contributed by atoms with Gasteiger partial charge in [-0.25, -0.2) is 0 Å². The fourth-order valence-corrected chi connectivity index (χ4v) is 4.08. The van der Waals surface area contributed by atoms with Gasteiger partial charge in [0.15, 0.2) is 0 Å². The predicted molar refractivity (Wildman–Crippen MR) is 253 cm³/mol. The first-order chi connectivity index (χ1) is 25.6. The second kappa shape index (κ2) is 49.8. The first-order valence-corrected chi connectivity index (χ1v) is 20.4. The van der Waals surface area contributed by atoms with Crippen molar-refractivity contribution >= 4 is 22.7 Å². The molecule has 0 atom stereocenters. The average molecular weight is 727 g/mol. The topological polar surface area (TPSA) is 6.48 Å². The molecular weight excluding hydrogens is 641 g/mol. The van der Waals surface area contributed by atoms with Crippen LogP contribution < -0.4 is 9.80 Å². The second-order valence-electron chi connectivity index (χ2n) is 8.99. The molecule has 53 heavy (non-hydrogen) atoms. The molecule has 300 valence electrons. The number of nitrogens with zero attached hydrogens (tertiary/aromatic N) is 2. The van der Waals surface area contributed by atoms with Crippen LogP contribution in [-0.4, -0.2) is 13.1 Å². The van der Waals surface area contributed by atoms with E-state index in [0.717, 1.165) is 13.1 Å². The van der Waals surface area contributed by atoms with Crippen molar-refractivity contribution in [3.05, 3.63) is 157 Å². The highest BCUT2D eigenvalue weighted by Crippen LogP contribution is 2.25. The molecular formula is C51H86N2. The summed E-state index contributed by atoms with van der Waals surface area (Å²) in [5.74, 6) is 0. The second-order valence-corrected chi connectivity index (χ2v) is 8.99. The van der Waals surface area contributed by atoms with Gasteiger partial charge in [-0.1, -0.05) is 213 Å². The van der Waals surface area contributed by atoms with E-state index < -0.39 is 0 Å². The minimum absolute atomic E-state index is 0. The molecule has 0 bridgehead atoms. The third kappa shape index (κ3) is 29.9. The summed E-state index contributed by atoms with van der Waals surface area (Å²) in [5.41, 5.74) is 7.59. The van der Waals surface area contributed by atoms with Gasteiger partial charge >= 0.3 is 0 Å². The van der Waals surface area contributed by atoms with Crippen LogP contribution in [0.15, 0.2) is 146 Å². The average Bonchev–Trinajstić information content (AvgIpc) is 3.27. The Kier molecular flexibility index (Phi) is 57.1. The van der Waals surface area contributed by atoms with Crippen LogP contribution >= 0.6 is 0 Å². The quantitative estimate of drug-likeness (QED) is 0.172. The molecule has 0 saturated carbocycles. The van der Waals surface area contributed by atoms with E-state index in [1.807, 2.05) is 145 Å². The van der Waals surface area contributed by atoms with Gasteiger partial charge < -0.3 is 9.80 Å². The van der Waals surface area contributed by atoms with E-state index in [1.54, 1.807) is 0 Å². The molecule has 2 heteroatoms. The molecule has 2 nitrogen and oxygen atoms in total. The van der Waals surface area contributed by atoms with Gasteiger partial charge in [0, 0.05) is 35.8 Å². The number of rotatable bonds is 6. The number of hydrogen-bond acceptors (Lipinski definition) is 2. The van der Waals surface area contributed by atoms with E-state index in [-0.39, 0.29) is 7.43 Å². The minimum atomic E-state index is 0. The molecule has 0 aliphatic carbocycles. The fourth-order valence-electron chi connectivity index (χ4n) is 4.08. The number of aryl methyl sites for hydroxylation is 2. The lowest BCUT2D eigenvalue weighted by Crippen LogP contribution is -2.15. The Bertz CT molecular complexity index is 1150. The summed E-state index contributed by atoms with van der Waals surface area (Å²) < 4.78 is 0. The Hall–Kier alpha value is -4.30. The van der Waals surface area contributed by atoms with Crippen molar-refractivity contribution in [1.82, 2.24) is 0 Å². The van der Waals surface area contributed by atoms with Crippen LogP contribution in [0.4, 0.5) is 22.7 Å². The fraction of sp³-hybridized carbons (Fsp3) is 0.412. The van der Waals surface area contributed by atoms with Gasteiger partial charge in [0.1, 0.15) is 0 Å². The molecule has 0 saturated heterocycles. The zero-order valence-electron chi connectivity index (χ0n) is 37.2. The van der Waals surface area contributed by atoms with Crippen LogP contribution in [0.1, 0.15) is 129 Å². The van der Waals surface area contributed by atoms with E-state index in [4.69, 9.17) is 0 Å². The zero-order valence-corrected chi connectivity index (χ0v) is 37.2. The Morgan fingerprint density at radius 2 is 0.453 bits per heavy atom. The number of benzene rings is 5. The highest BCUT2D eigenvalue weighted by atomic mass is 15.1. The molecule has 0 heterocycles. The van der Waals surface area contributed by atoms with Crippen LogP contribution in [0.3, 0.4) is 0 Å². The summed E-state index contributed by atoms with van der Waals surface area (Å²) in [4.78, 5) is 4.61. The number of anilines is 4. The molecule has 0 aromatic heterocycles. The van der Waals surface area contributed by atoms with Crippen LogP contribution in [0.2, 0.25) is 0 Å². The Morgan fingerprint density at radius 1 is 0.283 bits per heavy atom. The molecule has 0 fully saturated rings. The van der Waals surface area contributed by atoms with Gasteiger partial charge in [0.05, 0.1) is 0 Å². The molecule has 0 aliphatic rings. The predicted octanol–water partition coefficient (Wildman–Crippen LogP) is 17.8. The summed E-state index contributed by atoms with van der Waals surface area (Å²) in [6, 6.07) is 50.3. The molecule has 0 unspecified atom stereocenters. The lowest BCUT2D eigenvalue weighted by molar-refractivity contribution is 1.02. The zero-order chi connectivity index (χ0) is 41.0. The summed E-state index contributed by atoms with van der Waals surface area (Å²) in [7, 11) is 0. The minimum Gasteiger partial charge on any atom is -0.342 e. The summed E-state index contributed by atoms with van der Waals surface area (Å²) in [6.45, 7) is 38.5. The van der Waals surface area contributed by atoms with E-state index in [0.29, 0.717) is 0 Å². The highest BCUT2D eigenvalue weighted by molar-refractivity contribution is 5.64. The van der Waals surface area contributed by atoms with E-state index in [2.05, 4.69) is 135 Å². The molecule has 0 N–H and O–H groups in total. The lowest BCUT2D eigenvalue weighted by Gasteiger charge is -2.23. The van der Waals surface area contributed by atoms with Crippen molar-refractivity contribution in [3.63, 3.8) is 0 Å². The maximum absolute atomic E-state index is 2.30. The molecule has 0 spiro atoms. The van der Waals surface area contributed by atoms with Crippen molar-refractivity contribution in [2.75, 3.05) is 22.9 Å². The SMILES string of the molecule is C.CC.CC.CC.CC.CC.CC.CC.CCN(c1ccccc1)c1ccc(C)cc1.CCN(c1ccccc1)c1ccc(C)cc1.c1ccccc1. The highest BCUT2D eigenvalue weighted by Gasteiger charge is 2.06. The van der Waals surface area contributed by atoms with Crippen molar-refractivity contribution in [2.24, 2.45) is 0 Å². The van der Waals surface area contributed by atoms with Crippen molar-refractivity contribution < 1.29 is 0 Å². The van der Waals surface area contributed by atoms with Gasteiger partial charge in [-0.3, -0.25) is 0 Å². The first-order valence-electron chi connectivity index (χ1n) is 20.4. The molecule has 5 rings (SSSR count). The van der Waals surface area contributed by atoms with Gasteiger partial charge in [-0.2, -0.15) is 0 Å². The van der Waals surface area contributed by atoms with Gasteiger partial charge in [-0.15, -0.1) is 0 Å². The molecule has 5 aromatic rings. The Morgan fingerprint density at radius 3 is 0.642 bits per heavy atom. The van der Waals surface area contributed by atoms with Gasteiger partial charge in [-0.05, 0) is 76.2 Å². The van der Waals surface area contributed by atoms with Crippen molar-refractivity contribution in [3.8, 4) is 0 Å². The summed E-state index contributed by atoms with van der Waals surface area (Å²) in [5, 5.41) is 0. The lowest BCUT2D eigenvalue weighted by atomic mass is 10.2. The molecule has 0 amide bonds. The standard InChI is InChI=1S/2C15H17N.C6H6.7C2H6.CH4/c2*1-3-16(14-7-5-4-6-8-14)15-11-9-13(2)10-12-15;1-2-4-6-5-3-1;7*1-2;/h2*4-12H,3H2,1-2H3;1-6H;7*1-2H3;1H4. The maximum atomic E-state index is 2.30. The summed E-state index contributed by atoms with van der Waals surface area (Å²) in [6.07, 6.45) is 0. The smallest absolute Gasteiger partial charge is 0.0410 e. The molecule has 0 radical (unpaired) electrons. The Balaban J connectivity index is -0.000000139. The number of para-hydroxylation sites is 2. The normalized spacial score (nSPS) is 7.81. The maximum Gasteiger partial charge on any atom is 0.0410 e. The van der Waals surface area contributed by atoms with Crippen molar-refractivity contribution in [1.29, 1.82) is 0 Å². The van der Waals surface area contributed by atoms with E-state index in [1.165, 1.54) is 33.9 Å². The molecule has 5 aromatic carbocycles.